The average molecular weight is 235 g/mol. The third kappa shape index (κ3) is 4.06. The maximum Gasteiger partial charge on any atom is 0.221 e. The highest BCUT2D eigenvalue weighted by molar-refractivity contribution is 5.48. The fourth-order valence-corrected chi connectivity index (χ4v) is 1.61. The van der Waals surface area contributed by atoms with E-state index >= 15 is 0 Å². The molecule has 0 atom stereocenters. The van der Waals surface area contributed by atoms with Crippen LogP contribution in [0.1, 0.15) is 31.7 Å². The standard InChI is InChI=1S/C13H21N3O/c1-4-6-7-9-17-13-11(8-5-2)12(14-3)15-10-16-13/h4,10H,1,5-9H2,2-3H3,(H,14,15,16). The fraction of sp³-hybridized carbons (Fsp3) is 0.538. The summed E-state index contributed by atoms with van der Waals surface area (Å²) in [5.41, 5.74) is 1.07. The zero-order valence-electron chi connectivity index (χ0n) is 10.7. The third-order valence-electron chi connectivity index (χ3n) is 2.43. The van der Waals surface area contributed by atoms with Crippen molar-refractivity contribution in [1.29, 1.82) is 0 Å². The molecule has 0 aliphatic carbocycles. The van der Waals surface area contributed by atoms with Gasteiger partial charge in [0.1, 0.15) is 12.1 Å². The zero-order valence-corrected chi connectivity index (χ0v) is 10.7. The van der Waals surface area contributed by atoms with Gasteiger partial charge in [-0.05, 0) is 19.3 Å². The Hall–Kier alpha value is -1.58. The number of ether oxygens (including phenoxy) is 1. The number of hydrogen-bond donors (Lipinski definition) is 1. The molecule has 17 heavy (non-hydrogen) atoms. The van der Waals surface area contributed by atoms with Crippen LogP contribution in [0.3, 0.4) is 0 Å². The third-order valence-corrected chi connectivity index (χ3v) is 2.43. The van der Waals surface area contributed by atoms with Gasteiger partial charge < -0.3 is 10.1 Å². The topological polar surface area (TPSA) is 47.0 Å². The molecule has 0 spiro atoms. The first-order chi connectivity index (χ1) is 8.33. The first-order valence-corrected chi connectivity index (χ1v) is 6.08. The Morgan fingerprint density at radius 2 is 2.29 bits per heavy atom. The normalized spacial score (nSPS) is 10.0. The highest BCUT2D eigenvalue weighted by Gasteiger charge is 2.10. The van der Waals surface area contributed by atoms with E-state index in [4.69, 9.17) is 4.74 Å². The average Bonchev–Trinajstić information content (AvgIpc) is 2.36. The minimum Gasteiger partial charge on any atom is -0.477 e. The Balaban J connectivity index is 2.71. The predicted molar refractivity (Wildman–Crippen MR) is 70.5 cm³/mol. The van der Waals surface area contributed by atoms with Crippen molar-refractivity contribution in [2.45, 2.75) is 32.6 Å². The summed E-state index contributed by atoms with van der Waals surface area (Å²) in [5.74, 6) is 1.57. The molecule has 1 N–H and O–H groups in total. The van der Waals surface area contributed by atoms with Crippen LogP contribution in [0.25, 0.3) is 0 Å². The van der Waals surface area contributed by atoms with E-state index in [0.717, 1.165) is 37.1 Å². The van der Waals surface area contributed by atoms with Gasteiger partial charge in [0.25, 0.3) is 0 Å². The summed E-state index contributed by atoms with van der Waals surface area (Å²) >= 11 is 0. The van der Waals surface area contributed by atoms with Gasteiger partial charge in [-0.25, -0.2) is 9.97 Å². The van der Waals surface area contributed by atoms with Crippen molar-refractivity contribution in [3.05, 3.63) is 24.5 Å². The number of rotatable bonds is 8. The van der Waals surface area contributed by atoms with E-state index in [2.05, 4.69) is 28.8 Å². The Morgan fingerprint density at radius 1 is 1.47 bits per heavy atom. The molecule has 0 aromatic carbocycles. The second kappa shape index (κ2) is 7.65. The van der Waals surface area contributed by atoms with Crippen molar-refractivity contribution >= 4 is 5.82 Å². The van der Waals surface area contributed by atoms with Gasteiger partial charge in [-0.1, -0.05) is 19.4 Å². The lowest BCUT2D eigenvalue weighted by molar-refractivity contribution is 0.296. The number of nitrogens with zero attached hydrogens (tertiary/aromatic N) is 2. The van der Waals surface area contributed by atoms with Crippen molar-refractivity contribution in [2.75, 3.05) is 19.0 Å². The summed E-state index contributed by atoms with van der Waals surface area (Å²) in [6.07, 6.45) is 7.34. The second-order valence-electron chi connectivity index (χ2n) is 3.79. The van der Waals surface area contributed by atoms with Gasteiger partial charge in [-0.2, -0.15) is 0 Å². The van der Waals surface area contributed by atoms with Crippen LogP contribution in [0, 0.1) is 0 Å². The molecule has 0 saturated carbocycles. The summed E-state index contributed by atoms with van der Waals surface area (Å²) in [6.45, 7) is 6.49. The van der Waals surface area contributed by atoms with Crippen molar-refractivity contribution < 1.29 is 4.74 Å². The molecule has 1 rings (SSSR count). The van der Waals surface area contributed by atoms with E-state index in [-0.39, 0.29) is 0 Å². The van der Waals surface area contributed by atoms with Crippen molar-refractivity contribution in [3.63, 3.8) is 0 Å². The molecule has 0 unspecified atom stereocenters. The summed E-state index contributed by atoms with van der Waals surface area (Å²) < 4.78 is 5.70. The molecule has 0 bridgehead atoms. The number of allylic oxidation sites excluding steroid dienone is 1. The lowest BCUT2D eigenvalue weighted by Gasteiger charge is -2.12. The Morgan fingerprint density at radius 3 is 2.94 bits per heavy atom. The van der Waals surface area contributed by atoms with E-state index < -0.39 is 0 Å². The van der Waals surface area contributed by atoms with Crippen LogP contribution in [0.15, 0.2) is 19.0 Å². The molecule has 94 valence electrons. The van der Waals surface area contributed by atoms with Crippen LogP contribution in [-0.4, -0.2) is 23.6 Å². The smallest absolute Gasteiger partial charge is 0.221 e. The molecule has 4 heteroatoms. The monoisotopic (exact) mass is 235 g/mol. The quantitative estimate of drug-likeness (QED) is 0.556. The van der Waals surface area contributed by atoms with Crippen molar-refractivity contribution in [1.82, 2.24) is 9.97 Å². The lowest BCUT2D eigenvalue weighted by atomic mass is 10.2. The van der Waals surface area contributed by atoms with E-state index in [1.807, 2.05) is 13.1 Å². The highest BCUT2D eigenvalue weighted by atomic mass is 16.5. The van der Waals surface area contributed by atoms with Crippen LogP contribution in [0.2, 0.25) is 0 Å². The van der Waals surface area contributed by atoms with E-state index in [1.165, 1.54) is 6.33 Å². The largest absolute Gasteiger partial charge is 0.477 e. The molecule has 0 aliphatic heterocycles. The first kappa shape index (κ1) is 13.5. The lowest BCUT2D eigenvalue weighted by Crippen LogP contribution is -2.06. The van der Waals surface area contributed by atoms with Gasteiger partial charge >= 0.3 is 0 Å². The molecular weight excluding hydrogens is 214 g/mol. The maximum atomic E-state index is 5.70. The van der Waals surface area contributed by atoms with E-state index in [9.17, 15) is 0 Å². The summed E-state index contributed by atoms with van der Waals surface area (Å²) in [7, 11) is 1.86. The van der Waals surface area contributed by atoms with Gasteiger partial charge in [0.15, 0.2) is 0 Å². The van der Waals surface area contributed by atoms with E-state index in [0.29, 0.717) is 12.5 Å². The van der Waals surface area contributed by atoms with Crippen LogP contribution in [-0.2, 0) is 6.42 Å². The van der Waals surface area contributed by atoms with E-state index in [1.54, 1.807) is 0 Å². The first-order valence-electron chi connectivity index (χ1n) is 6.08. The van der Waals surface area contributed by atoms with Gasteiger partial charge in [0, 0.05) is 7.05 Å². The van der Waals surface area contributed by atoms with Gasteiger partial charge in [0.2, 0.25) is 5.88 Å². The van der Waals surface area contributed by atoms with Gasteiger partial charge in [-0.3, -0.25) is 0 Å². The van der Waals surface area contributed by atoms with Crippen LogP contribution < -0.4 is 10.1 Å². The Bertz CT molecular complexity index is 353. The minimum atomic E-state index is 0.670. The molecular formula is C13H21N3O. The summed E-state index contributed by atoms with van der Waals surface area (Å²) in [6, 6.07) is 0. The van der Waals surface area contributed by atoms with Crippen LogP contribution in [0.4, 0.5) is 5.82 Å². The Labute approximate surface area is 103 Å². The van der Waals surface area contributed by atoms with Crippen molar-refractivity contribution in [2.24, 2.45) is 0 Å². The second-order valence-corrected chi connectivity index (χ2v) is 3.79. The number of anilines is 1. The molecule has 1 aromatic heterocycles. The Kier molecular flexibility index (Phi) is 6.07. The summed E-state index contributed by atoms with van der Waals surface area (Å²) in [5, 5.41) is 3.08. The molecule has 0 amide bonds. The molecule has 0 saturated heterocycles. The molecule has 1 heterocycles. The summed E-state index contributed by atoms with van der Waals surface area (Å²) in [4.78, 5) is 8.41. The number of nitrogens with one attached hydrogen (secondary N) is 1. The predicted octanol–water partition coefficient (Wildman–Crippen LogP) is 2.82. The van der Waals surface area contributed by atoms with Crippen molar-refractivity contribution in [3.8, 4) is 5.88 Å². The van der Waals surface area contributed by atoms with Crippen LogP contribution >= 0.6 is 0 Å². The SMILES string of the molecule is C=CCCCOc1ncnc(NC)c1CCC. The number of unbranched alkanes of at least 4 members (excludes halogenated alkanes) is 1. The molecule has 0 aliphatic rings. The van der Waals surface area contributed by atoms with Crippen LogP contribution in [0.5, 0.6) is 5.88 Å². The highest BCUT2D eigenvalue weighted by Crippen LogP contribution is 2.23. The molecule has 0 radical (unpaired) electrons. The van der Waals surface area contributed by atoms with Gasteiger partial charge in [-0.15, -0.1) is 6.58 Å². The van der Waals surface area contributed by atoms with Gasteiger partial charge in [0.05, 0.1) is 12.2 Å². The number of aromatic nitrogens is 2. The minimum absolute atomic E-state index is 0.670. The maximum absolute atomic E-state index is 5.70. The molecule has 4 nitrogen and oxygen atoms in total. The zero-order chi connectivity index (χ0) is 12.5. The molecule has 1 aromatic rings. The molecule has 0 fully saturated rings. The number of hydrogen-bond acceptors (Lipinski definition) is 4. The fourth-order valence-electron chi connectivity index (χ4n) is 1.61.